The van der Waals surface area contributed by atoms with Gasteiger partial charge in [0, 0.05) is 12.1 Å². The van der Waals surface area contributed by atoms with Crippen LogP contribution in [0.2, 0.25) is 0 Å². The van der Waals surface area contributed by atoms with Gasteiger partial charge in [-0.25, -0.2) is 0 Å². The first-order valence-corrected chi connectivity index (χ1v) is 6.34. The molecule has 1 heterocycles. The average Bonchev–Trinajstić information content (AvgIpc) is 2.46. The van der Waals surface area contributed by atoms with Crippen molar-refractivity contribution >= 4 is 16.7 Å². The molecule has 2 aromatic carbocycles. The fourth-order valence-corrected chi connectivity index (χ4v) is 2.24. The summed E-state index contributed by atoms with van der Waals surface area (Å²) in [5.41, 5.74) is 1.36. The van der Waals surface area contributed by atoms with Gasteiger partial charge in [0.25, 0.3) is 5.69 Å². The number of nitro groups is 1. The van der Waals surface area contributed by atoms with Gasteiger partial charge in [-0.15, -0.1) is 0 Å². The molecule has 0 saturated carbocycles. The van der Waals surface area contributed by atoms with E-state index in [0.29, 0.717) is 16.5 Å². The lowest BCUT2D eigenvalue weighted by Gasteiger charge is -2.04. The first kappa shape index (κ1) is 13.1. The van der Waals surface area contributed by atoms with Crippen molar-refractivity contribution in [3.8, 4) is 11.3 Å². The molecule has 5 nitrogen and oxygen atoms in total. The Kier molecular flexibility index (Phi) is 3.02. The van der Waals surface area contributed by atoms with Gasteiger partial charge in [0.1, 0.15) is 11.3 Å². The summed E-state index contributed by atoms with van der Waals surface area (Å²) in [6.07, 6.45) is 0. The van der Waals surface area contributed by atoms with Crippen molar-refractivity contribution in [2.24, 2.45) is 0 Å². The summed E-state index contributed by atoms with van der Waals surface area (Å²) in [6, 6.07) is 12.8. The third-order valence-corrected chi connectivity index (χ3v) is 3.25. The molecule has 0 bridgehead atoms. The summed E-state index contributed by atoms with van der Waals surface area (Å²) in [6.45, 7) is 1.89. The molecule has 3 rings (SSSR count). The van der Waals surface area contributed by atoms with Gasteiger partial charge in [-0.05, 0) is 30.7 Å². The van der Waals surface area contributed by atoms with E-state index in [1.165, 1.54) is 12.1 Å². The molecule has 21 heavy (non-hydrogen) atoms. The number of nitrogens with zero attached hydrogens (tertiary/aromatic N) is 1. The van der Waals surface area contributed by atoms with Crippen molar-refractivity contribution in [2.45, 2.75) is 6.92 Å². The van der Waals surface area contributed by atoms with Crippen LogP contribution in [0.25, 0.3) is 22.3 Å². The largest absolute Gasteiger partial charge is 0.456 e. The van der Waals surface area contributed by atoms with Crippen LogP contribution in [-0.2, 0) is 0 Å². The van der Waals surface area contributed by atoms with Gasteiger partial charge in [0.15, 0.2) is 5.43 Å². The number of nitro benzene ring substituents is 1. The number of aryl methyl sites for hydroxylation is 1. The van der Waals surface area contributed by atoms with E-state index < -0.39 is 4.92 Å². The Hall–Kier alpha value is -2.95. The summed E-state index contributed by atoms with van der Waals surface area (Å²) in [7, 11) is 0. The molecule has 0 saturated heterocycles. The highest BCUT2D eigenvalue weighted by molar-refractivity contribution is 5.80. The zero-order valence-corrected chi connectivity index (χ0v) is 11.2. The lowest BCUT2D eigenvalue weighted by Crippen LogP contribution is -2.01. The number of para-hydroxylation sites is 1. The van der Waals surface area contributed by atoms with E-state index in [-0.39, 0.29) is 16.9 Å². The van der Waals surface area contributed by atoms with Gasteiger partial charge in [-0.2, -0.15) is 0 Å². The Balaban J connectivity index is 2.31. The predicted octanol–water partition coefficient (Wildman–Crippen LogP) is 3.68. The SMILES string of the molecule is Cc1ccc2c(=O)cc(-c3ccccc3[N+](=O)[O-])oc2c1. The summed E-state index contributed by atoms with van der Waals surface area (Å²) in [5.74, 6) is 0.199. The Morgan fingerprint density at radius 2 is 1.86 bits per heavy atom. The molecule has 0 N–H and O–H groups in total. The normalized spacial score (nSPS) is 10.7. The van der Waals surface area contributed by atoms with Gasteiger partial charge in [-0.1, -0.05) is 18.2 Å². The number of rotatable bonds is 2. The molecule has 0 amide bonds. The molecular formula is C16H11NO4. The van der Waals surface area contributed by atoms with Crippen LogP contribution in [0.5, 0.6) is 0 Å². The molecule has 0 aliphatic carbocycles. The number of hydrogen-bond acceptors (Lipinski definition) is 4. The van der Waals surface area contributed by atoms with Gasteiger partial charge in [0.05, 0.1) is 15.9 Å². The molecular weight excluding hydrogens is 270 g/mol. The third-order valence-electron chi connectivity index (χ3n) is 3.25. The summed E-state index contributed by atoms with van der Waals surface area (Å²) >= 11 is 0. The van der Waals surface area contributed by atoms with Crippen LogP contribution in [0.3, 0.4) is 0 Å². The predicted molar refractivity (Wildman–Crippen MR) is 79.3 cm³/mol. The van der Waals surface area contributed by atoms with Crippen LogP contribution >= 0.6 is 0 Å². The van der Waals surface area contributed by atoms with Gasteiger partial charge >= 0.3 is 0 Å². The molecule has 3 aromatic rings. The molecule has 0 aliphatic heterocycles. The van der Waals surface area contributed by atoms with Crippen LogP contribution < -0.4 is 5.43 Å². The molecule has 0 fully saturated rings. The molecule has 0 unspecified atom stereocenters. The number of benzene rings is 2. The zero-order valence-electron chi connectivity index (χ0n) is 11.2. The van der Waals surface area contributed by atoms with Crippen molar-refractivity contribution < 1.29 is 9.34 Å². The van der Waals surface area contributed by atoms with Gasteiger partial charge in [0.2, 0.25) is 0 Å². The minimum Gasteiger partial charge on any atom is -0.456 e. The Morgan fingerprint density at radius 1 is 1.10 bits per heavy atom. The quantitative estimate of drug-likeness (QED) is 0.530. The van der Waals surface area contributed by atoms with Crippen LogP contribution in [0.1, 0.15) is 5.56 Å². The second kappa shape index (κ2) is 4.86. The summed E-state index contributed by atoms with van der Waals surface area (Å²) in [5, 5.41) is 11.5. The highest BCUT2D eigenvalue weighted by atomic mass is 16.6. The number of hydrogen-bond donors (Lipinski definition) is 0. The van der Waals surface area contributed by atoms with Crippen molar-refractivity contribution in [3.63, 3.8) is 0 Å². The molecule has 5 heteroatoms. The van der Waals surface area contributed by atoms with Crippen molar-refractivity contribution in [1.82, 2.24) is 0 Å². The first-order valence-electron chi connectivity index (χ1n) is 6.34. The van der Waals surface area contributed by atoms with E-state index in [9.17, 15) is 14.9 Å². The molecule has 0 spiro atoms. The van der Waals surface area contributed by atoms with Crippen molar-refractivity contribution in [1.29, 1.82) is 0 Å². The van der Waals surface area contributed by atoms with Gasteiger partial charge < -0.3 is 4.42 Å². The molecule has 104 valence electrons. The highest BCUT2D eigenvalue weighted by Gasteiger charge is 2.17. The van der Waals surface area contributed by atoms with Crippen LogP contribution in [0.15, 0.2) is 57.7 Å². The van der Waals surface area contributed by atoms with Crippen LogP contribution in [-0.4, -0.2) is 4.92 Å². The Morgan fingerprint density at radius 3 is 2.62 bits per heavy atom. The lowest BCUT2D eigenvalue weighted by atomic mass is 10.1. The van der Waals surface area contributed by atoms with Crippen LogP contribution in [0, 0.1) is 17.0 Å². The summed E-state index contributed by atoms with van der Waals surface area (Å²) < 4.78 is 5.70. The smallest absolute Gasteiger partial charge is 0.280 e. The Labute approximate surface area is 119 Å². The van der Waals surface area contributed by atoms with E-state index >= 15 is 0 Å². The molecule has 0 atom stereocenters. The zero-order chi connectivity index (χ0) is 15.0. The monoisotopic (exact) mass is 281 g/mol. The second-order valence-corrected chi connectivity index (χ2v) is 4.75. The van der Waals surface area contributed by atoms with E-state index in [0.717, 1.165) is 5.56 Å². The lowest BCUT2D eigenvalue weighted by molar-refractivity contribution is -0.384. The second-order valence-electron chi connectivity index (χ2n) is 4.75. The Bertz CT molecular complexity index is 912. The minimum absolute atomic E-state index is 0.0901. The minimum atomic E-state index is -0.490. The van der Waals surface area contributed by atoms with E-state index in [2.05, 4.69) is 0 Å². The van der Waals surface area contributed by atoms with Crippen LogP contribution in [0.4, 0.5) is 5.69 Å². The van der Waals surface area contributed by atoms with Crippen molar-refractivity contribution in [3.05, 3.63) is 74.4 Å². The highest BCUT2D eigenvalue weighted by Crippen LogP contribution is 2.30. The fourth-order valence-electron chi connectivity index (χ4n) is 2.24. The average molecular weight is 281 g/mol. The maximum absolute atomic E-state index is 12.1. The molecule has 0 aliphatic rings. The fraction of sp³-hybridized carbons (Fsp3) is 0.0625. The first-order chi connectivity index (χ1) is 10.1. The standard InChI is InChI=1S/C16H11NO4/c1-10-6-7-12-14(18)9-16(21-15(12)8-10)11-4-2-3-5-13(11)17(19)20/h2-9H,1H3. The molecule has 0 radical (unpaired) electrons. The van der Waals surface area contributed by atoms with Crippen molar-refractivity contribution in [2.75, 3.05) is 0 Å². The van der Waals surface area contributed by atoms with E-state index in [1.54, 1.807) is 30.3 Å². The van der Waals surface area contributed by atoms with E-state index in [4.69, 9.17) is 4.42 Å². The molecule has 1 aromatic heterocycles. The number of fused-ring (bicyclic) bond motifs is 1. The third kappa shape index (κ3) is 2.29. The maximum Gasteiger partial charge on any atom is 0.280 e. The van der Waals surface area contributed by atoms with E-state index in [1.807, 2.05) is 13.0 Å². The summed E-state index contributed by atoms with van der Waals surface area (Å²) in [4.78, 5) is 22.7. The van der Waals surface area contributed by atoms with Gasteiger partial charge in [-0.3, -0.25) is 14.9 Å². The topological polar surface area (TPSA) is 73.3 Å². The maximum atomic E-state index is 12.1.